The van der Waals surface area contributed by atoms with Gasteiger partial charge in [0.05, 0.1) is 19.9 Å². The summed E-state index contributed by atoms with van der Waals surface area (Å²) in [5.41, 5.74) is 3.40. The maximum atomic E-state index is 10.6. The van der Waals surface area contributed by atoms with Gasteiger partial charge in [0.2, 0.25) is 0 Å². The van der Waals surface area contributed by atoms with Crippen LogP contribution in [0, 0.1) is 13.8 Å². The van der Waals surface area contributed by atoms with Crippen molar-refractivity contribution in [3.63, 3.8) is 0 Å². The third-order valence-corrected chi connectivity index (χ3v) is 4.76. The van der Waals surface area contributed by atoms with Gasteiger partial charge in [-0.05, 0) is 55.3 Å². The lowest BCUT2D eigenvalue weighted by molar-refractivity contribution is 0.0602. The zero-order chi connectivity index (χ0) is 20.6. The van der Waals surface area contributed by atoms with Gasteiger partial charge in [-0.25, -0.2) is 0 Å². The molecule has 2 aromatic carbocycles. The lowest BCUT2D eigenvalue weighted by Gasteiger charge is -2.24. The lowest BCUT2D eigenvalue weighted by Crippen LogP contribution is -2.35. The molecule has 1 atom stereocenters. The Labute approximate surface area is 172 Å². The van der Waals surface area contributed by atoms with Gasteiger partial charge in [0.15, 0.2) is 0 Å². The maximum absolute atomic E-state index is 10.6. The van der Waals surface area contributed by atoms with E-state index in [-0.39, 0.29) is 6.61 Å². The van der Waals surface area contributed by atoms with Crippen LogP contribution >= 0.6 is 0 Å². The molecule has 3 rings (SSSR count). The molecule has 0 bridgehead atoms. The summed E-state index contributed by atoms with van der Waals surface area (Å²) in [6, 6.07) is 17.8. The molecule has 0 saturated carbocycles. The molecule has 29 heavy (non-hydrogen) atoms. The third-order valence-electron chi connectivity index (χ3n) is 4.76. The van der Waals surface area contributed by atoms with Crippen molar-refractivity contribution in [3.05, 3.63) is 83.3 Å². The van der Waals surface area contributed by atoms with Crippen molar-refractivity contribution < 1.29 is 19.0 Å². The number of aliphatic hydroxyl groups is 1. The van der Waals surface area contributed by atoms with Gasteiger partial charge >= 0.3 is 0 Å². The van der Waals surface area contributed by atoms with E-state index in [4.69, 9.17) is 13.9 Å². The maximum Gasteiger partial charge on any atom is 0.122 e. The van der Waals surface area contributed by atoms with E-state index in [0.29, 0.717) is 19.6 Å². The summed E-state index contributed by atoms with van der Waals surface area (Å²) < 4.78 is 16.6. The quantitative estimate of drug-likeness (QED) is 0.553. The molecule has 1 N–H and O–H groups in total. The predicted molar refractivity (Wildman–Crippen MR) is 113 cm³/mol. The van der Waals surface area contributed by atoms with Crippen LogP contribution in [0.15, 0.2) is 65.3 Å². The molecular weight excluding hydrogens is 366 g/mol. The number of methoxy groups -OCH3 is 1. The normalized spacial score (nSPS) is 12.2. The Morgan fingerprint density at radius 1 is 1.03 bits per heavy atom. The monoisotopic (exact) mass is 395 g/mol. The molecule has 0 aliphatic rings. The fourth-order valence-electron chi connectivity index (χ4n) is 3.30. The van der Waals surface area contributed by atoms with Crippen molar-refractivity contribution in [2.24, 2.45) is 0 Å². The van der Waals surface area contributed by atoms with Crippen LogP contribution < -0.4 is 9.47 Å². The molecule has 0 spiro atoms. The average molecular weight is 395 g/mol. The van der Waals surface area contributed by atoms with Crippen LogP contribution in [-0.4, -0.2) is 36.4 Å². The van der Waals surface area contributed by atoms with Crippen molar-refractivity contribution in [1.82, 2.24) is 4.90 Å². The van der Waals surface area contributed by atoms with Gasteiger partial charge in [-0.2, -0.15) is 0 Å². The second kappa shape index (κ2) is 10.1. The number of aliphatic hydroxyl groups excluding tert-OH is 1. The van der Waals surface area contributed by atoms with Crippen molar-refractivity contribution in [2.45, 2.75) is 33.0 Å². The largest absolute Gasteiger partial charge is 0.497 e. The summed E-state index contributed by atoms with van der Waals surface area (Å²) in [5.74, 6) is 2.50. The molecule has 0 saturated heterocycles. The molecule has 154 valence electrons. The molecule has 0 fully saturated rings. The van der Waals surface area contributed by atoms with E-state index in [0.717, 1.165) is 28.4 Å². The van der Waals surface area contributed by atoms with E-state index in [1.807, 2.05) is 55.5 Å². The smallest absolute Gasteiger partial charge is 0.122 e. The highest BCUT2D eigenvalue weighted by atomic mass is 16.5. The average Bonchev–Trinajstić information content (AvgIpc) is 3.21. The number of hydrogen-bond acceptors (Lipinski definition) is 5. The number of benzene rings is 2. The van der Waals surface area contributed by atoms with E-state index in [1.165, 1.54) is 5.56 Å². The summed E-state index contributed by atoms with van der Waals surface area (Å²) in [7, 11) is 1.66. The molecule has 0 amide bonds. The first kappa shape index (κ1) is 21.0. The Hall–Kier alpha value is -2.76. The minimum Gasteiger partial charge on any atom is -0.497 e. The Balaban J connectivity index is 1.61. The Morgan fingerprint density at radius 2 is 1.83 bits per heavy atom. The van der Waals surface area contributed by atoms with Crippen LogP contribution in [0.5, 0.6) is 11.5 Å². The van der Waals surface area contributed by atoms with Gasteiger partial charge in [0.1, 0.15) is 30.0 Å². The molecule has 5 nitrogen and oxygen atoms in total. The van der Waals surface area contributed by atoms with Gasteiger partial charge in [-0.3, -0.25) is 4.90 Å². The minimum atomic E-state index is -0.621. The number of aryl methyl sites for hydroxylation is 2. The topological polar surface area (TPSA) is 55.1 Å². The van der Waals surface area contributed by atoms with Gasteiger partial charge in [0.25, 0.3) is 0 Å². The summed E-state index contributed by atoms with van der Waals surface area (Å²) >= 11 is 0. The molecule has 0 aliphatic carbocycles. The fourth-order valence-corrected chi connectivity index (χ4v) is 3.30. The fraction of sp³-hybridized carbons (Fsp3) is 0.333. The van der Waals surface area contributed by atoms with Crippen molar-refractivity contribution in [3.8, 4) is 11.5 Å². The van der Waals surface area contributed by atoms with Crippen molar-refractivity contribution in [2.75, 3.05) is 20.3 Å². The summed E-state index contributed by atoms with van der Waals surface area (Å²) in [6.07, 6.45) is 1.05. The van der Waals surface area contributed by atoms with E-state index < -0.39 is 6.10 Å². The Kier molecular flexibility index (Phi) is 7.33. The molecule has 1 unspecified atom stereocenters. The number of rotatable bonds is 10. The van der Waals surface area contributed by atoms with E-state index >= 15 is 0 Å². The summed E-state index contributed by atoms with van der Waals surface area (Å²) in [5, 5.41) is 10.6. The molecule has 1 aromatic heterocycles. The predicted octanol–water partition coefficient (Wildman–Crippen LogP) is 4.35. The van der Waals surface area contributed by atoms with Crippen LogP contribution in [0.25, 0.3) is 0 Å². The van der Waals surface area contributed by atoms with Crippen LogP contribution in [0.2, 0.25) is 0 Å². The molecule has 0 radical (unpaired) electrons. The highest BCUT2D eigenvalue weighted by Crippen LogP contribution is 2.19. The number of nitrogens with zero attached hydrogens (tertiary/aromatic N) is 1. The highest BCUT2D eigenvalue weighted by molar-refractivity contribution is 5.35. The molecule has 3 aromatic rings. The minimum absolute atomic E-state index is 0.237. The van der Waals surface area contributed by atoms with Gasteiger partial charge < -0.3 is 19.0 Å². The first-order chi connectivity index (χ1) is 14.0. The zero-order valence-electron chi connectivity index (χ0n) is 17.3. The Bertz CT molecular complexity index is 874. The van der Waals surface area contributed by atoms with E-state index in [2.05, 4.69) is 17.9 Å². The summed E-state index contributed by atoms with van der Waals surface area (Å²) in [6.45, 7) is 6.07. The Morgan fingerprint density at radius 3 is 2.48 bits per heavy atom. The van der Waals surface area contributed by atoms with Crippen molar-refractivity contribution >= 4 is 0 Å². The van der Waals surface area contributed by atoms with Crippen LogP contribution in [0.1, 0.15) is 22.5 Å². The standard InChI is InChI=1S/C24H29NO4/c1-18-6-11-24(19(2)13-18)29-17-21(26)15-25(16-23-5-4-12-28-23)14-20-7-9-22(27-3)10-8-20/h4-13,21,26H,14-17H2,1-3H3. The highest BCUT2D eigenvalue weighted by Gasteiger charge is 2.15. The number of hydrogen-bond donors (Lipinski definition) is 1. The van der Waals surface area contributed by atoms with Gasteiger partial charge in [-0.15, -0.1) is 0 Å². The summed E-state index contributed by atoms with van der Waals surface area (Å²) in [4.78, 5) is 2.15. The molecule has 1 heterocycles. The first-order valence-electron chi connectivity index (χ1n) is 9.79. The van der Waals surface area contributed by atoms with E-state index in [1.54, 1.807) is 13.4 Å². The van der Waals surface area contributed by atoms with Crippen molar-refractivity contribution in [1.29, 1.82) is 0 Å². The molecular formula is C24H29NO4. The first-order valence-corrected chi connectivity index (χ1v) is 9.79. The second-order valence-corrected chi connectivity index (χ2v) is 7.33. The van der Waals surface area contributed by atoms with Gasteiger partial charge in [0, 0.05) is 13.1 Å². The molecule has 5 heteroatoms. The van der Waals surface area contributed by atoms with Crippen LogP contribution in [0.4, 0.5) is 0 Å². The molecule has 0 aliphatic heterocycles. The zero-order valence-corrected chi connectivity index (χ0v) is 17.3. The van der Waals surface area contributed by atoms with Crippen LogP contribution in [0.3, 0.4) is 0 Å². The second-order valence-electron chi connectivity index (χ2n) is 7.33. The van der Waals surface area contributed by atoms with E-state index in [9.17, 15) is 5.11 Å². The number of furan rings is 1. The SMILES string of the molecule is COc1ccc(CN(Cc2ccco2)CC(O)COc2ccc(C)cc2C)cc1. The van der Waals surface area contributed by atoms with Crippen LogP contribution in [-0.2, 0) is 13.1 Å². The number of ether oxygens (including phenoxy) is 2. The third kappa shape index (κ3) is 6.38. The van der Waals surface area contributed by atoms with Gasteiger partial charge in [-0.1, -0.05) is 29.8 Å². The lowest BCUT2D eigenvalue weighted by atomic mass is 10.1.